The molecule has 19 heavy (non-hydrogen) atoms. The smallest absolute Gasteiger partial charge is 0.305 e. The fourth-order valence-corrected chi connectivity index (χ4v) is 2.45. The van der Waals surface area contributed by atoms with Crippen LogP contribution >= 0.6 is 11.3 Å². The van der Waals surface area contributed by atoms with Crippen LogP contribution in [0.5, 0.6) is 0 Å². The minimum Gasteiger partial charge on any atom is -0.466 e. The molecule has 0 saturated heterocycles. The van der Waals surface area contributed by atoms with Crippen molar-refractivity contribution in [1.29, 1.82) is 0 Å². The molecule has 102 valence electrons. The van der Waals surface area contributed by atoms with Crippen molar-refractivity contribution in [3.8, 4) is 0 Å². The van der Waals surface area contributed by atoms with Gasteiger partial charge in [-0.2, -0.15) is 4.98 Å². The number of rotatable bonds is 6. The molecule has 6 nitrogen and oxygen atoms in total. The van der Waals surface area contributed by atoms with Crippen molar-refractivity contribution in [3.05, 3.63) is 11.4 Å². The van der Waals surface area contributed by atoms with E-state index in [1.54, 1.807) is 6.92 Å². The maximum absolute atomic E-state index is 11.2. The van der Waals surface area contributed by atoms with Crippen LogP contribution < -0.4 is 11.1 Å². The molecule has 0 aliphatic rings. The Morgan fingerprint density at radius 1 is 1.53 bits per heavy atom. The van der Waals surface area contributed by atoms with Crippen molar-refractivity contribution in [3.63, 3.8) is 0 Å². The van der Waals surface area contributed by atoms with Gasteiger partial charge in [0.2, 0.25) is 5.95 Å². The van der Waals surface area contributed by atoms with Crippen molar-refractivity contribution in [2.75, 3.05) is 24.2 Å². The fourth-order valence-electron chi connectivity index (χ4n) is 1.68. The molecule has 0 fully saturated rings. The normalized spacial score (nSPS) is 10.6. The standard InChI is InChI=1S/C12H16N4O2S/c1-2-18-9(17)4-3-6-14-10-8-5-7-19-11(8)16-12(13)15-10/h5,7H,2-4,6H2,1H3,(H3,13,14,15,16). The van der Waals surface area contributed by atoms with Crippen LogP contribution in [-0.2, 0) is 9.53 Å². The first-order valence-corrected chi connectivity index (χ1v) is 6.99. The number of nitrogens with one attached hydrogen (secondary N) is 1. The van der Waals surface area contributed by atoms with E-state index in [0.29, 0.717) is 31.8 Å². The number of ether oxygens (including phenoxy) is 1. The molecule has 0 atom stereocenters. The second-order valence-corrected chi connectivity index (χ2v) is 4.80. The van der Waals surface area contributed by atoms with Crippen LogP contribution in [0, 0.1) is 0 Å². The SMILES string of the molecule is CCOC(=O)CCCNc1nc(N)nc2sccc12. The molecular formula is C12H16N4O2S. The molecule has 2 heterocycles. The molecule has 2 aromatic heterocycles. The van der Waals surface area contributed by atoms with E-state index in [1.807, 2.05) is 11.4 Å². The number of hydrogen-bond donors (Lipinski definition) is 2. The molecular weight excluding hydrogens is 264 g/mol. The second kappa shape index (κ2) is 6.33. The monoisotopic (exact) mass is 280 g/mol. The molecule has 0 aliphatic carbocycles. The quantitative estimate of drug-likeness (QED) is 0.621. The lowest BCUT2D eigenvalue weighted by molar-refractivity contribution is -0.143. The van der Waals surface area contributed by atoms with Crippen molar-refractivity contribution in [2.24, 2.45) is 0 Å². The fraction of sp³-hybridized carbons (Fsp3) is 0.417. The summed E-state index contributed by atoms with van der Waals surface area (Å²) >= 11 is 1.52. The van der Waals surface area contributed by atoms with Crippen molar-refractivity contribution in [2.45, 2.75) is 19.8 Å². The van der Waals surface area contributed by atoms with Gasteiger partial charge in [-0.15, -0.1) is 11.3 Å². The third-order valence-electron chi connectivity index (χ3n) is 2.50. The number of nitrogen functional groups attached to an aromatic ring is 1. The molecule has 0 amide bonds. The Bertz CT molecular complexity index is 570. The lowest BCUT2D eigenvalue weighted by Gasteiger charge is -2.07. The Kier molecular flexibility index (Phi) is 4.51. The lowest BCUT2D eigenvalue weighted by atomic mass is 10.3. The van der Waals surface area contributed by atoms with E-state index in [9.17, 15) is 4.79 Å². The van der Waals surface area contributed by atoms with E-state index in [4.69, 9.17) is 10.5 Å². The molecule has 0 aromatic carbocycles. The highest BCUT2D eigenvalue weighted by Gasteiger charge is 2.07. The Labute approximate surface area is 115 Å². The summed E-state index contributed by atoms with van der Waals surface area (Å²) in [6.45, 7) is 2.86. The summed E-state index contributed by atoms with van der Waals surface area (Å²) in [4.78, 5) is 20.4. The molecule has 0 aliphatic heterocycles. The number of fused-ring (bicyclic) bond motifs is 1. The van der Waals surface area contributed by atoms with Crippen LogP contribution in [0.25, 0.3) is 10.2 Å². The number of nitrogens with zero attached hydrogens (tertiary/aromatic N) is 2. The van der Waals surface area contributed by atoms with Crippen LogP contribution in [0.2, 0.25) is 0 Å². The van der Waals surface area contributed by atoms with Crippen molar-refractivity contribution in [1.82, 2.24) is 9.97 Å². The highest BCUT2D eigenvalue weighted by molar-refractivity contribution is 7.16. The number of carbonyl (C=O) groups is 1. The average Bonchev–Trinajstić information content (AvgIpc) is 2.82. The van der Waals surface area contributed by atoms with Gasteiger partial charge in [0.05, 0.1) is 12.0 Å². The van der Waals surface area contributed by atoms with Crippen LogP contribution in [0.3, 0.4) is 0 Å². The van der Waals surface area contributed by atoms with Crippen molar-refractivity contribution >= 4 is 39.3 Å². The summed E-state index contributed by atoms with van der Waals surface area (Å²) in [5, 5.41) is 6.08. The van der Waals surface area contributed by atoms with Crippen LogP contribution in [0.1, 0.15) is 19.8 Å². The zero-order valence-corrected chi connectivity index (χ0v) is 11.5. The maximum Gasteiger partial charge on any atom is 0.305 e. The van der Waals surface area contributed by atoms with E-state index in [-0.39, 0.29) is 11.9 Å². The predicted octanol–water partition coefficient (Wildman–Crippen LogP) is 2.03. The van der Waals surface area contributed by atoms with Gasteiger partial charge in [-0.05, 0) is 24.8 Å². The van der Waals surface area contributed by atoms with Gasteiger partial charge in [0.15, 0.2) is 0 Å². The number of aromatic nitrogens is 2. The topological polar surface area (TPSA) is 90.1 Å². The number of thiophene rings is 1. The summed E-state index contributed by atoms with van der Waals surface area (Å²) in [5.74, 6) is 0.794. The number of hydrogen-bond acceptors (Lipinski definition) is 7. The largest absolute Gasteiger partial charge is 0.466 e. The summed E-state index contributed by atoms with van der Waals surface area (Å²) in [6, 6.07) is 1.95. The summed E-state index contributed by atoms with van der Waals surface area (Å²) in [6.07, 6.45) is 1.09. The molecule has 0 bridgehead atoms. The van der Waals surface area contributed by atoms with Gasteiger partial charge in [-0.3, -0.25) is 4.79 Å². The van der Waals surface area contributed by atoms with Gasteiger partial charge in [0.1, 0.15) is 10.6 Å². The Morgan fingerprint density at radius 3 is 3.16 bits per heavy atom. The molecule has 0 radical (unpaired) electrons. The number of carbonyl (C=O) groups excluding carboxylic acids is 1. The summed E-state index contributed by atoms with van der Waals surface area (Å²) < 4.78 is 4.86. The second-order valence-electron chi connectivity index (χ2n) is 3.91. The molecule has 3 N–H and O–H groups in total. The Balaban J connectivity index is 1.91. The molecule has 0 unspecified atom stereocenters. The van der Waals surface area contributed by atoms with E-state index >= 15 is 0 Å². The molecule has 2 rings (SSSR count). The van der Waals surface area contributed by atoms with Crippen LogP contribution in [-0.4, -0.2) is 29.1 Å². The van der Waals surface area contributed by atoms with Gasteiger partial charge in [-0.25, -0.2) is 4.98 Å². The van der Waals surface area contributed by atoms with Gasteiger partial charge < -0.3 is 15.8 Å². The third-order valence-corrected chi connectivity index (χ3v) is 3.30. The first kappa shape index (κ1) is 13.5. The minimum absolute atomic E-state index is 0.174. The lowest BCUT2D eigenvalue weighted by Crippen LogP contribution is -2.09. The zero-order chi connectivity index (χ0) is 13.7. The molecule has 0 spiro atoms. The van der Waals surface area contributed by atoms with Gasteiger partial charge in [-0.1, -0.05) is 0 Å². The van der Waals surface area contributed by atoms with Crippen LogP contribution in [0.4, 0.5) is 11.8 Å². The number of esters is 1. The van der Waals surface area contributed by atoms with Gasteiger partial charge in [0.25, 0.3) is 0 Å². The Morgan fingerprint density at radius 2 is 2.37 bits per heavy atom. The molecule has 2 aromatic rings. The highest BCUT2D eigenvalue weighted by atomic mass is 32.1. The highest BCUT2D eigenvalue weighted by Crippen LogP contribution is 2.25. The Hall–Kier alpha value is -1.89. The molecule has 0 saturated carbocycles. The van der Waals surface area contributed by atoms with E-state index in [2.05, 4.69) is 15.3 Å². The average molecular weight is 280 g/mol. The maximum atomic E-state index is 11.2. The van der Waals surface area contributed by atoms with Gasteiger partial charge >= 0.3 is 5.97 Å². The van der Waals surface area contributed by atoms with Crippen molar-refractivity contribution < 1.29 is 9.53 Å². The number of anilines is 2. The number of nitrogens with two attached hydrogens (primary N) is 1. The third kappa shape index (κ3) is 3.54. The summed E-state index contributed by atoms with van der Waals surface area (Å²) in [5.41, 5.74) is 5.65. The first-order chi connectivity index (χ1) is 9.20. The van der Waals surface area contributed by atoms with E-state index < -0.39 is 0 Å². The summed E-state index contributed by atoms with van der Waals surface area (Å²) in [7, 11) is 0. The first-order valence-electron chi connectivity index (χ1n) is 6.11. The predicted molar refractivity (Wildman–Crippen MR) is 76.2 cm³/mol. The van der Waals surface area contributed by atoms with E-state index in [1.165, 1.54) is 11.3 Å². The molecule has 7 heteroatoms. The zero-order valence-electron chi connectivity index (χ0n) is 10.7. The van der Waals surface area contributed by atoms with Gasteiger partial charge in [0, 0.05) is 13.0 Å². The van der Waals surface area contributed by atoms with Crippen LogP contribution in [0.15, 0.2) is 11.4 Å². The van der Waals surface area contributed by atoms with E-state index in [0.717, 1.165) is 10.2 Å². The minimum atomic E-state index is -0.174.